The molecule has 14 heavy (non-hydrogen) atoms. The Hall–Kier alpha value is -0.470. The molecule has 0 amide bonds. The van der Waals surface area contributed by atoms with Crippen LogP contribution in [-0.4, -0.2) is 31.3 Å². The summed E-state index contributed by atoms with van der Waals surface area (Å²) in [5.74, 6) is 0. The molecule has 0 radical (unpaired) electrons. The Morgan fingerprint density at radius 3 is 2.36 bits per heavy atom. The molecule has 0 bridgehead atoms. The average Bonchev–Trinajstić information content (AvgIpc) is 2.26. The normalized spacial score (nSPS) is 10.9. The van der Waals surface area contributed by atoms with E-state index >= 15 is 0 Å². The second-order valence-electron chi connectivity index (χ2n) is 3.49. The molecule has 0 atom stereocenters. The summed E-state index contributed by atoms with van der Waals surface area (Å²) in [6, 6.07) is 8.86. The van der Waals surface area contributed by atoms with E-state index in [1.165, 1.54) is 10.5 Å². The van der Waals surface area contributed by atoms with E-state index < -0.39 is 0 Å². The molecule has 1 aromatic rings. The highest BCUT2D eigenvalue weighted by Gasteiger charge is 1.97. The summed E-state index contributed by atoms with van der Waals surface area (Å²) in [6.07, 6.45) is 3.26. The quantitative estimate of drug-likeness (QED) is 0.686. The van der Waals surface area contributed by atoms with Gasteiger partial charge in [0.2, 0.25) is 0 Å². The van der Waals surface area contributed by atoms with Gasteiger partial charge in [0.05, 0.1) is 0 Å². The van der Waals surface area contributed by atoms with Crippen molar-refractivity contribution in [2.75, 3.05) is 26.4 Å². The maximum Gasteiger partial charge on any atom is 0.00693 e. The largest absolute Gasteiger partial charge is 0.306 e. The van der Waals surface area contributed by atoms with Crippen LogP contribution in [0.4, 0.5) is 0 Å². The van der Waals surface area contributed by atoms with Crippen molar-refractivity contribution in [2.45, 2.75) is 18.2 Å². The minimum absolute atomic E-state index is 1.13. The van der Waals surface area contributed by atoms with E-state index in [2.05, 4.69) is 49.4 Å². The van der Waals surface area contributed by atoms with Gasteiger partial charge in [0, 0.05) is 11.4 Å². The van der Waals surface area contributed by atoms with E-state index in [4.69, 9.17) is 0 Å². The van der Waals surface area contributed by atoms with Gasteiger partial charge in [0.1, 0.15) is 0 Å². The third-order valence-electron chi connectivity index (χ3n) is 2.48. The molecule has 0 unspecified atom stereocenters. The maximum atomic E-state index is 2.34. The smallest absolute Gasteiger partial charge is 0.00693 e. The molecule has 0 spiro atoms. The topological polar surface area (TPSA) is 3.24 Å². The molecule has 0 fully saturated rings. The van der Waals surface area contributed by atoms with E-state index in [1.807, 2.05) is 0 Å². The molecule has 1 nitrogen and oxygen atoms in total. The molecule has 0 N–H and O–H groups in total. The summed E-state index contributed by atoms with van der Waals surface area (Å²) in [4.78, 5) is 3.68. The molecule has 0 saturated heterocycles. The van der Waals surface area contributed by atoms with Crippen molar-refractivity contribution < 1.29 is 0 Å². The van der Waals surface area contributed by atoms with Crippen LogP contribution in [0.5, 0.6) is 0 Å². The molecule has 0 saturated carbocycles. The third kappa shape index (κ3) is 3.72. The predicted molar refractivity (Wildman–Crippen MR) is 65.1 cm³/mol. The zero-order valence-corrected chi connectivity index (χ0v) is 10.1. The lowest BCUT2D eigenvalue weighted by atomic mass is 10.1. The van der Waals surface area contributed by atoms with Gasteiger partial charge in [0.15, 0.2) is 0 Å². The Labute approximate surface area is 91.5 Å². The Bertz CT molecular complexity index is 256. The van der Waals surface area contributed by atoms with Crippen LogP contribution in [-0.2, 0) is 6.42 Å². The van der Waals surface area contributed by atoms with Crippen molar-refractivity contribution in [1.29, 1.82) is 0 Å². The zero-order valence-electron chi connectivity index (χ0n) is 9.29. The molecular weight excluding hydrogens is 190 g/mol. The van der Waals surface area contributed by atoms with Crippen LogP contribution < -0.4 is 0 Å². The Balaban J connectivity index is 2.43. The van der Waals surface area contributed by atoms with Crippen LogP contribution in [0.25, 0.3) is 0 Å². The standard InChI is InChI=1S/C12H19NS/c1-4-13(2)10-9-11-5-7-12(14-3)8-6-11/h5-8H,4,9-10H2,1-3H3. The molecular formula is C12H19NS. The Kier molecular flexibility index (Phi) is 5.05. The molecule has 0 aliphatic carbocycles. The summed E-state index contributed by atoms with van der Waals surface area (Å²) in [7, 11) is 2.16. The fourth-order valence-corrected chi connectivity index (χ4v) is 1.68. The summed E-state index contributed by atoms with van der Waals surface area (Å²) in [6.45, 7) is 4.47. The number of hydrogen-bond donors (Lipinski definition) is 0. The lowest BCUT2D eigenvalue weighted by Crippen LogP contribution is -2.20. The van der Waals surface area contributed by atoms with Crippen molar-refractivity contribution in [3.8, 4) is 0 Å². The monoisotopic (exact) mass is 209 g/mol. The number of nitrogens with zero attached hydrogens (tertiary/aromatic N) is 1. The van der Waals surface area contributed by atoms with Gasteiger partial charge in [-0.2, -0.15) is 0 Å². The van der Waals surface area contributed by atoms with Crippen molar-refractivity contribution in [3.05, 3.63) is 29.8 Å². The highest BCUT2D eigenvalue weighted by Crippen LogP contribution is 2.15. The Morgan fingerprint density at radius 1 is 1.21 bits per heavy atom. The number of rotatable bonds is 5. The van der Waals surface area contributed by atoms with E-state index in [0.29, 0.717) is 0 Å². The van der Waals surface area contributed by atoms with Crippen molar-refractivity contribution >= 4 is 11.8 Å². The summed E-state index contributed by atoms with van der Waals surface area (Å²) in [5, 5.41) is 0. The molecule has 0 aliphatic heterocycles. The highest BCUT2D eigenvalue weighted by atomic mass is 32.2. The lowest BCUT2D eigenvalue weighted by Gasteiger charge is -2.13. The van der Waals surface area contributed by atoms with Crippen LogP contribution in [0.15, 0.2) is 29.2 Å². The first-order chi connectivity index (χ1) is 6.76. The van der Waals surface area contributed by atoms with Gasteiger partial charge in [-0.15, -0.1) is 11.8 Å². The number of thioether (sulfide) groups is 1. The van der Waals surface area contributed by atoms with Gasteiger partial charge in [-0.25, -0.2) is 0 Å². The van der Waals surface area contributed by atoms with Crippen LogP contribution in [0, 0.1) is 0 Å². The molecule has 1 rings (SSSR count). The predicted octanol–water partition coefficient (Wildman–Crippen LogP) is 2.90. The second kappa shape index (κ2) is 6.10. The fraction of sp³-hybridized carbons (Fsp3) is 0.500. The van der Waals surface area contributed by atoms with Crippen molar-refractivity contribution in [1.82, 2.24) is 4.90 Å². The Morgan fingerprint density at radius 2 is 1.86 bits per heavy atom. The van der Waals surface area contributed by atoms with Crippen molar-refractivity contribution in [3.63, 3.8) is 0 Å². The van der Waals surface area contributed by atoms with Gasteiger partial charge < -0.3 is 4.90 Å². The van der Waals surface area contributed by atoms with E-state index in [9.17, 15) is 0 Å². The first-order valence-corrected chi connectivity index (χ1v) is 6.30. The molecule has 0 heterocycles. The molecule has 78 valence electrons. The number of hydrogen-bond acceptors (Lipinski definition) is 2. The van der Waals surface area contributed by atoms with E-state index in [1.54, 1.807) is 11.8 Å². The SMILES string of the molecule is CCN(C)CCc1ccc(SC)cc1. The molecule has 1 aromatic carbocycles. The fourth-order valence-electron chi connectivity index (χ4n) is 1.27. The number of benzene rings is 1. The van der Waals surface area contributed by atoms with Crippen molar-refractivity contribution in [2.24, 2.45) is 0 Å². The van der Waals surface area contributed by atoms with Crippen LogP contribution in [0.3, 0.4) is 0 Å². The van der Waals surface area contributed by atoms with Gasteiger partial charge in [-0.1, -0.05) is 19.1 Å². The highest BCUT2D eigenvalue weighted by molar-refractivity contribution is 7.98. The lowest BCUT2D eigenvalue weighted by molar-refractivity contribution is 0.357. The van der Waals surface area contributed by atoms with E-state index in [-0.39, 0.29) is 0 Å². The van der Waals surface area contributed by atoms with Gasteiger partial charge in [-0.05, 0) is 44.0 Å². The maximum absolute atomic E-state index is 2.34. The zero-order chi connectivity index (χ0) is 10.4. The van der Waals surface area contributed by atoms with Crippen LogP contribution in [0.1, 0.15) is 12.5 Å². The minimum atomic E-state index is 1.13. The van der Waals surface area contributed by atoms with E-state index in [0.717, 1.165) is 19.5 Å². The summed E-state index contributed by atoms with van der Waals surface area (Å²) < 4.78 is 0. The molecule has 0 aromatic heterocycles. The first kappa shape index (κ1) is 11.6. The van der Waals surface area contributed by atoms with Crippen LogP contribution >= 0.6 is 11.8 Å². The average molecular weight is 209 g/mol. The number of likely N-dealkylation sites (N-methyl/N-ethyl adjacent to an activating group) is 1. The second-order valence-corrected chi connectivity index (χ2v) is 4.37. The summed E-state index contributed by atoms with van der Waals surface area (Å²) >= 11 is 1.80. The van der Waals surface area contributed by atoms with Crippen LogP contribution in [0.2, 0.25) is 0 Å². The molecule has 2 heteroatoms. The minimum Gasteiger partial charge on any atom is -0.306 e. The van der Waals surface area contributed by atoms with Gasteiger partial charge >= 0.3 is 0 Å². The van der Waals surface area contributed by atoms with Gasteiger partial charge in [0.25, 0.3) is 0 Å². The summed E-state index contributed by atoms with van der Waals surface area (Å²) in [5.41, 5.74) is 1.43. The molecule has 0 aliphatic rings. The third-order valence-corrected chi connectivity index (χ3v) is 3.22. The first-order valence-electron chi connectivity index (χ1n) is 5.07. The van der Waals surface area contributed by atoms with Gasteiger partial charge in [-0.3, -0.25) is 0 Å².